The maximum atomic E-state index is 14.6. The molecule has 2 aliphatic rings. The van der Waals surface area contributed by atoms with Crippen molar-refractivity contribution in [3.8, 4) is 16.9 Å². The summed E-state index contributed by atoms with van der Waals surface area (Å²) in [6.07, 6.45) is -11.3. The molecule has 320 valence electrons. The number of fused-ring (bicyclic) bond motifs is 3. The zero-order valence-corrected chi connectivity index (χ0v) is 31.9. The minimum atomic E-state index is -2.57. The van der Waals surface area contributed by atoms with E-state index in [0.29, 0.717) is 0 Å². The summed E-state index contributed by atoms with van der Waals surface area (Å²) in [5.41, 5.74) is 3.26. The van der Waals surface area contributed by atoms with Crippen molar-refractivity contribution in [2.45, 2.75) is 76.7 Å². The van der Waals surface area contributed by atoms with Gasteiger partial charge in [-0.2, -0.15) is 8.78 Å². The van der Waals surface area contributed by atoms with Crippen LogP contribution in [0.25, 0.3) is 11.1 Å². The molecule has 16 nitrogen and oxygen atoms in total. The molecule has 1 aliphatic heterocycles. The summed E-state index contributed by atoms with van der Waals surface area (Å²) < 4.78 is 107. The first-order valence-corrected chi connectivity index (χ1v) is 17.8. The second kappa shape index (κ2) is 19.0. The zero-order valence-electron chi connectivity index (χ0n) is 31.9. The first-order chi connectivity index (χ1) is 28.4. The molecule has 21 heteroatoms. The molecule has 0 spiro atoms. The maximum Gasteiger partial charge on any atom is 0.407 e. The number of hydrogen-bond donors (Lipinski definition) is 2. The molecule has 0 saturated carbocycles. The Morgan fingerprint density at radius 2 is 1.13 bits per heavy atom. The molecule has 6 atom stereocenters. The normalized spacial score (nSPS) is 19.7. The van der Waals surface area contributed by atoms with Crippen LogP contribution in [0.15, 0.2) is 48.5 Å². The second-order valence-electron chi connectivity index (χ2n) is 13.2. The lowest BCUT2D eigenvalue weighted by Crippen LogP contribution is -2.66. The molecular formula is C39H35F5N2O14. The fourth-order valence-corrected chi connectivity index (χ4v) is 6.57. The number of hydrogen-bond acceptors (Lipinski definition) is 14. The summed E-state index contributed by atoms with van der Waals surface area (Å²) in [5.74, 6) is -22.3. The molecule has 0 bridgehead atoms. The Bertz CT molecular complexity index is 2130. The van der Waals surface area contributed by atoms with Crippen molar-refractivity contribution < 1.29 is 88.7 Å². The summed E-state index contributed by atoms with van der Waals surface area (Å²) in [6, 6.07) is 12.1. The molecule has 3 aromatic rings. The van der Waals surface area contributed by atoms with Crippen LogP contribution >= 0.6 is 0 Å². The molecule has 2 amide bonds. The maximum absolute atomic E-state index is 14.6. The van der Waals surface area contributed by atoms with Crippen molar-refractivity contribution >= 4 is 41.8 Å². The number of alkyl carbamates (subject to hydrolysis) is 1. The number of halogens is 5. The predicted octanol–water partition coefficient (Wildman–Crippen LogP) is 3.78. The first kappa shape index (κ1) is 44.5. The van der Waals surface area contributed by atoms with Crippen LogP contribution in [0.3, 0.4) is 0 Å². The fraction of sp³-hybridized carbons (Fsp3) is 0.359. The van der Waals surface area contributed by atoms with Crippen molar-refractivity contribution in [3.05, 3.63) is 88.7 Å². The van der Waals surface area contributed by atoms with Gasteiger partial charge in [0.1, 0.15) is 25.4 Å². The monoisotopic (exact) mass is 850 g/mol. The SMILES string of the molecule is CC(=O)OC[C@H]1O[C@@H](NC(=O)C[C@H](NC(=O)OCC2c3ccccc3-c3ccccc32)C(=O)Oc2c(F)c(F)c(F)c(F)c2F)[C@H](OC(C)=O)[C@@H](OC(C)=O)[C@H]1OC(C)=O. The van der Waals surface area contributed by atoms with E-state index in [1.165, 1.54) is 0 Å². The minimum absolute atomic E-state index is 0.351. The van der Waals surface area contributed by atoms with Gasteiger partial charge in [-0.1, -0.05) is 48.5 Å². The Balaban J connectivity index is 1.42. The number of carbonyl (C=O) groups is 7. The highest BCUT2D eigenvalue weighted by molar-refractivity contribution is 5.89. The molecule has 1 heterocycles. The van der Waals surface area contributed by atoms with Gasteiger partial charge < -0.3 is 43.8 Å². The molecule has 3 aromatic carbocycles. The number of esters is 5. The Morgan fingerprint density at radius 1 is 0.633 bits per heavy atom. The molecule has 1 fully saturated rings. The van der Waals surface area contributed by atoms with E-state index < -0.39 is 132 Å². The third-order valence-corrected chi connectivity index (χ3v) is 8.98. The van der Waals surface area contributed by atoms with Gasteiger partial charge in [0.2, 0.25) is 40.7 Å². The highest BCUT2D eigenvalue weighted by Crippen LogP contribution is 2.44. The molecule has 60 heavy (non-hydrogen) atoms. The van der Waals surface area contributed by atoms with Crippen LogP contribution in [0.4, 0.5) is 26.7 Å². The predicted molar refractivity (Wildman–Crippen MR) is 189 cm³/mol. The summed E-state index contributed by atoms with van der Waals surface area (Å²) in [4.78, 5) is 88.4. The van der Waals surface area contributed by atoms with Crippen LogP contribution in [0, 0.1) is 29.1 Å². The molecule has 0 radical (unpaired) electrons. The van der Waals surface area contributed by atoms with E-state index in [1.807, 2.05) is 17.4 Å². The molecule has 5 rings (SSSR count). The van der Waals surface area contributed by atoms with Gasteiger partial charge in [-0.3, -0.25) is 24.0 Å². The number of benzene rings is 3. The number of nitrogens with one attached hydrogen (secondary N) is 2. The fourth-order valence-electron chi connectivity index (χ4n) is 6.57. The number of carbonyl (C=O) groups excluding carboxylic acids is 7. The van der Waals surface area contributed by atoms with Gasteiger partial charge in [0.15, 0.2) is 24.5 Å². The third kappa shape index (κ3) is 10.1. The highest BCUT2D eigenvalue weighted by Gasteiger charge is 2.53. The van der Waals surface area contributed by atoms with E-state index in [4.69, 9.17) is 28.4 Å². The van der Waals surface area contributed by atoms with Gasteiger partial charge in [0, 0.05) is 33.6 Å². The van der Waals surface area contributed by atoms with E-state index in [0.717, 1.165) is 49.9 Å². The van der Waals surface area contributed by atoms with E-state index in [9.17, 15) is 55.5 Å². The van der Waals surface area contributed by atoms with Crippen LogP contribution in [0.5, 0.6) is 5.75 Å². The van der Waals surface area contributed by atoms with Gasteiger partial charge in [-0.15, -0.1) is 0 Å². The summed E-state index contributed by atoms with van der Waals surface area (Å²) in [7, 11) is 0. The Hall–Kier alpha value is -6.64. The van der Waals surface area contributed by atoms with Crippen molar-refractivity contribution in [1.29, 1.82) is 0 Å². The van der Waals surface area contributed by atoms with Gasteiger partial charge in [0.25, 0.3) is 0 Å². The topological polar surface area (TPSA) is 208 Å². The highest BCUT2D eigenvalue weighted by atomic mass is 19.2. The van der Waals surface area contributed by atoms with E-state index in [1.54, 1.807) is 36.4 Å². The van der Waals surface area contributed by atoms with Gasteiger partial charge in [-0.25, -0.2) is 22.8 Å². The quantitative estimate of drug-likeness (QED) is 0.0627. The number of rotatable bonds is 13. The minimum Gasteiger partial charge on any atom is -0.463 e. The standard InChI is InChI=1S/C39H35F5N2O14/c1-16(47)54-15-26-33(56-17(2)48)35(57-18(3)49)36(58-19(4)50)37(59-26)46-27(51)13-25(38(52)60-34-31(43)29(41)28(40)30(42)32(34)44)45-39(53)55-14-24-22-11-7-5-9-20(22)21-10-6-8-12-23(21)24/h5-12,24-26,33,35-37H,13-15H2,1-4H3,(H,45,53)(H,46,51)/t25-,26+,33-,35-,36+,37+/m0/s1. The lowest BCUT2D eigenvalue weighted by atomic mass is 9.97. The molecule has 2 N–H and O–H groups in total. The van der Waals surface area contributed by atoms with Gasteiger partial charge in [0.05, 0.1) is 6.42 Å². The molecule has 1 saturated heterocycles. The summed E-state index contributed by atoms with van der Waals surface area (Å²) in [5, 5.41) is 4.20. The van der Waals surface area contributed by atoms with E-state index in [2.05, 4.69) is 10.1 Å². The van der Waals surface area contributed by atoms with Crippen LogP contribution in [0.2, 0.25) is 0 Å². The molecule has 0 unspecified atom stereocenters. The van der Waals surface area contributed by atoms with E-state index in [-0.39, 0.29) is 6.61 Å². The summed E-state index contributed by atoms with van der Waals surface area (Å²) >= 11 is 0. The average Bonchev–Trinajstić information content (AvgIpc) is 3.51. The largest absolute Gasteiger partial charge is 0.463 e. The van der Waals surface area contributed by atoms with E-state index >= 15 is 0 Å². The smallest absolute Gasteiger partial charge is 0.407 e. The number of ether oxygens (including phenoxy) is 7. The number of amides is 2. The van der Waals surface area contributed by atoms with Crippen LogP contribution in [0.1, 0.15) is 51.2 Å². The van der Waals surface area contributed by atoms with Crippen molar-refractivity contribution in [2.75, 3.05) is 13.2 Å². The second-order valence-corrected chi connectivity index (χ2v) is 13.2. The summed E-state index contributed by atoms with van der Waals surface area (Å²) in [6.45, 7) is 2.80. The molecule has 1 aliphatic carbocycles. The van der Waals surface area contributed by atoms with Crippen LogP contribution < -0.4 is 15.4 Å². The van der Waals surface area contributed by atoms with Crippen molar-refractivity contribution in [3.63, 3.8) is 0 Å². The van der Waals surface area contributed by atoms with Crippen LogP contribution in [-0.4, -0.2) is 91.7 Å². The van der Waals surface area contributed by atoms with Crippen molar-refractivity contribution in [1.82, 2.24) is 10.6 Å². The van der Waals surface area contributed by atoms with Crippen molar-refractivity contribution in [2.24, 2.45) is 0 Å². The Labute approximate surface area is 336 Å². The first-order valence-electron chi connectivity index (χ1n) is 17.8. The Morgan fingerprint density at radius 3 is 1.67 bits per heavy atom. The lowest BCUT2D eigenvalue weighted by molar-refractivity contribution is -0.257. The lowest BCUT2D eigenvalue weighted by Gasteiger charge is -2.44. The molecular weight excluding hydrogens is 815 g/mol. The van der Waals surface area contributed by atoms with Gasteiger partial charge in [-0.05, 0) is 22.3 Å². The molecule has 0 aromatic heterocycles. The Kier molecular flexibility index (Phi) is 14.0. The van der Waals surface area contributed by atoms with Gasteiger partial charge >= 0.3 is 35.9 Å². The van der Waals surface area contributed by atoms with Crippen LogP contribution in [-0.2, 0) is 57.2 Å². The third-order valence-electron chi connectivity index (χ3n) is 8.98. The zero-order chi connectivity index (χ0) is 44.0. The average molecular weight is 851 g/mol.